The van der Waals surface area contributed by atoms with Crippen LogP contribution >= 0.6 is 0 Å². The van der Waals surface area contributed by atoms with E-state index < -0.39 is 8.48 Å². The highest BCUT2D eigenvalue weighted by Gasteiger charge is 2.28. The van der Waals surface area contributed by atoms with E-state index in [1.165, 1.54) is 0 Å². The molecule has 1 aromatic carbocycles. The van der Waals surface area contributed by atoms with E-state index >= 15 is 0 Å². The van der Waals surface area contributed by atoms with Crippen molar-refractivity contribution in [2.75, 3.05) is 7.05 Å². The molecule has 1 aromatic rings. The van der Waals surface area contributed by atoms with Crippen molar-refractivity contribution in [3.05, 3.63) is 30.3 Å². The van der Waals surface area contributed by atoms with Crippen LogP contribution in [0.25, 0.3) is 0 Å². The average Bonchev–Trinajstić information content (AvgIpc) is 2.17. The van der Waals surface area contributed by atoms with Crippen molar-refractivity contribution in [2.45, 2.75) is 19.6 Å². The van der Waals surface area contributed by atoms with Gasteiger partial charge in [0.2, 0.25) is 0 Å². The van der Waals surface area contributed by atoms with Crippen LogP contribution in [0, 0.1) is 0 Å². The van der Waals surface area contributed by atoms with Crippen LogP contribution in [0.2, 0.25) is 19.6 Å². The first kappa shape index (κ1) is 11.5. The number of benzene rings is 1. The minimum absolute atomic E-state index is 0.112. The zero-order valence-electron chi connectivity index (χ0n) is 9.45. The zero-order valence-corrected chi connectivity index (χ0v) is 11.9. The molecule has 78 valence electrons. The van der Waals surface area contributed by atoms with Crippen molar-refractivity contribution in [1.82, 2.24) is 4.23 Å². The highest BCUT2D eigenvalue weighted by molar-refractivity contribution is 6.75. The highest BCUT2D eigenvalue weighted by Crippen LogP contribution is 2.16. The number of nitrogens with zero attached hydrogens (tertiary/aromatic N) is 1. The van der Waals surface area contributed by atoms with E-state index in [1.54, 1.807) is 0 Å². The predicted molar refractivity (Wildman–Crippen MR) is 66.7 cm³/mol. The van der Waals surface area contributed by atoms with Gasteiger partial charge in [0.1, 0.15) is 5.75 Å². The Bertz CT molecular complexity index is 277. The van der Waals surface area contributed by atoms with Gasteiger partial charge in [0.25, 0.3) is 0 Å². The summed E-state index contributed by atoms with van der Waals surface area (Å²) in [5, 5.41) is 0. The van der Waals surface area contributed by atoms with Gasteiger partial charge in [-0.05, 0) is 32.3 Å². The maximum atomic E-state index is 6.05. The Labute approximate surface area is 90.0 Å². The molecule has 0 radical (unpaired) electrons. The van der Waals surface area contributed by atoms with E-state index in [1.807, 2.05) is 30.3 Å². The van der Waals surface area contributed by atoms with Crippen LogP contribution in [0.4, 0.5) is 0 Å². The van der Waals surface area contributed by atoms with E-state index in [2.05, 4.69) is 30.9 Å². The fourth-order valence-electron chi connectivity index (χ4n) is 1.24. The Morgan fingerprint density at radius 1 is 1.21 bits per heavy atom. The largest absolute Gasteiger partial charge is 0.530 e. The summed E-state index contributed by atoms with van der Waals surface area (Å²) in [7, 11) is 0.418. The zero-order chi connectivity index (χ0) is 10.6. The molecular formula is C10H19NOSi2. The Kier molecular flexibility index (Phi) is 3.91. The van der Waals surface area contributed by atoms with Crippen LogP contribution in [-0.4, -0.2) is 29.4 Å². The molecule has 14 heavy (non-hydrogen) atoms. The van der Waals surface area contributed by atoms with Crippen LogP contribution in [0.5, 0.6) is 5.75 Å². The lowest BCUT2D eigenvalue weighted by Gasteiger charge is -2.32. The Hall–Kier alpha value is -0.586. The van der Waals surface area contributed by atoms with Crippen LogP contribution in [0.3, 0.4) is 0 Å². The molecule has 0 saturated carbocycles. The highest BCUT2D eigenvalue weighted by atomic mass is 28.4. The standard InChI is InChI=1S/C10H19NOSi2/c1-11(13-2)14(3,4)12-10-8-6-5-7-9-10/h5-9H,13H2,1-4H3. The average molecular weight is 225 g/mol. The SMILES string of the molecule is C[SiH2]N(C)[Si](C)(C)Oc1ccccc1. The third-order valence-corrected chi connectivity index (χ3v) is 9.26. The maximum absolute atomic E-state index is 6.05. The molecule has 0 aromatic heterocycles. The first-order chi connectivity index (χ1) is 6.56. The van der Waals surface area contributed by atoms with Crippen LogP contribution in [0.15, 0.2) is 30.3 Å². The molecule has 0 aliphatic heterocycles. The molecule has 0 unspecified atom stereocenters. The summed E-state index contributed by atoms with van der Waals surface area (Å²) in [5.41, 5.74) is 0. The number of hydrogen-bond acceptors (Lipinski definition) is 2. The lowest BCUT2D eigenvalue weighted by Crippen LogP contribution is -2.52. The summed E-state index contributed by atoms with van der Waals surface area (Å²) in [6, 6.07) is 10.1. The molecule has 0 heterocycles. The van der Waals surface area contributed by atoms with Crippen molar-refractivity contribution >= 4 is 18.2 Å². The third-order valence-electron chi connectivity index (χ3n) is 2.50. The van der Waals surface area contributed by atoms with Gasteiger partial charge < -0.3 is 8.66 Å². The summed E-state index contributed by atoms with van der Waals surface area (Å²) in [4.78, 5) is 0. The molecule has 0 fully saturated rings. The number of para-hydroxylation sites is 1. The summed E-state index contributed by atoms with van der Waals surface area (Å²) >= 11 is 0. The van der Waals surface area contributed by atoms with Crippen molar-refractivity contribution in [3.63, 3.8) is 0 Å². The first-order valence-electron chi connectivity index (χ1n) is 5.01. The molecule has 4 heteroatoms. The quantitative estimate of drug-likeness (QED) is 0.725. The van der Waals surface area contributed by atoms with E-state index in [-0.39, 0.29) is 9.68 Å². The van der Waals surface area contributed by atoms with Gasteiger partial charge in [-0.3, -0.25) is 0 Å². The molecule has 0 aliphatic rings. The second-order valence-corrected chi connectivity index (χ2v) is 9.95. The van der Waals surface area contributed by atoms with Crippen molar-refractivity contribution in [1.29, 1.82) is 0 Å². The molecule has 0 spiro atoms. The molecule has 0 aliphatic carbocycles. The van der Waals surface area contributed by atoms with Crippen LogP contribution < -0.4 is 4.43 Å². The van der Waals surface area contributed by atoms with E-state index in [9.17, 15) is 0 Å². The van der Waals surface area contributed by atoms with Gasteiger partial charge in [-0.2, -0.15) is 0 Å². The lowest BCUT2D eigenvalue weighted by molar-refractivity contribution is 0.490. The van der Waals surface area contributed by atoms with Gasteiger partial charge in [0.15, 0.2) is 0 Å². The van der Waals surface area contributed by atoms with Crippen molar-refractivity contribution in [2.24, 2.45) is 0 Å². The van der Waals surface area contributed by atoms with E-state index in [4.69, 9.17) is 4.43 Å². The third kappa shape index (κ3) is 2.97. The minimum atomic E-state index is -1.65. The summed E-state index contributed by atoms with van der Waals surface area (Å²) in [6.07, 6.45) is 0. The van der Waals surface area contributed by atoms with E-state index in [0.717, 1.165) is 5.75 Å². The molecule has 0 N–H and O–H groups in total. The molecule has 2 nitrogen and oxygen atoms in total. The monoisotopic (exact) mass is 225 g/mol. The maximum Gasteiger partial charge on any atom is 0.318 e. The smallest absolute Gasteiger partial charge is 0.318 e. The molecule has 1 rings (SSSR count). The molecular weight excluding hydrogens is 206 g/mol. The van der Waals surface area contributed by atoms with Gasteiger partial charge >= 0.3 is 8.48 Å². The Balaban J connectivity index is 2.68. The van der Waals surface area contributed by atoms with Crippen LogP contribution in [0.1, 0.15) is 0 Å². The van der Waals surface area contributed by atoms with Gasteiger partial charge in [-0.1, -0.05) is 24.7 Å². The second-order valence-electron chi connectivity index (χ2n) is 3.88. The van der Waals surface area contributed by atoms with Gasteiger partial charge in [0, 0.05) is 0 Å². The predicted octanol–water partition coefficient (Wildman–Crippen LogP) is 1.83. The topological polar surface area (TPSA) is 12.5 Å². The molecule has 0 amide bonds. The fraction of sp³-hybridized carbons (Fsp3) is 0.400. The lowest BCUT2D eigenvalue weighted by atomic mass is 10.3. The molecule has 0 bridgehead atoms. The second kappa shape index (κ2) is 4.77. The summed E-state index contributed by atoms with van der Waals surface area (Å²) in [6.45, 7) is 6.79. The molecule has 0 saturated heterocycles. The summed E-state index contributed by atoms with van der Waals surface area (Å²) in [5.74, 6) is 0.999. The van der Waals surface area contributed by atoms with E-state index in [0.29, 0.717) is 0 Å². The fourth-order valence-corrected chi connectivity index (χ4v) is 5.34. The minimum Gasteiger partial charge on any atom is -0.530 e. The molecule has 0 atom stereocenters. The van der Waals surface area contributed by atoms with Gasteiger partial charge in [-0.25, -0.2) is 0 Å². The van der Waals surface area contributed by atoms with Crippen molar-refractivity contribution < 1.29 is 4.43 Å². The summed E-state index contributed by atoms with van der Waals surface area (Å²) < 4.78 is 8.50. The number of rotatable bonds is 4. The Morgan fingerprint density at radius 2 is 1.79 bits per heavy atom. The Morgan fingerprint density at radius 3 is 2.29 bits per heavy atom. The van der Waals surface area contributed by atoms with Crippen molar-refractivity contribution in [3.8, 4) is 5.75 Å². The van der Waals surface area contributed by atoms with Gasteiger partial charge in [0.05, 0.1) is 9.68 Å². The number of hydrogen-bond donors (Lipinski definition) is 0. The van der Waals surface area contributed by atoms with Crippen LogP contribution in [-0.2, 0) is 0 Å². The normalized spacial score (nSPS) is 12.6. The first-order valence-corrected chi connectivity index (χ1v) is 9.92. The van der Waals surface area contributed by atoms with Gasteiger partial charge in [-0.15, -0.1) is 0 Å².